The number of anilines is 1. The Bertz CT molecular complexity index is 989. The van der Waals surface area contributed by atoms with E-state index in [0.29, 0.717) is 16.7 Å². The van der Waals surface area contributed by atoms with Crippen molar-refractivity contribution in [3.05, 3.63) is 58.4 Å². The van der Waals surface area contributed by atoms with Crippen LogP contribution in [-0.4, -0.2) is 39.2 Å². The Morgan fingerprint density at radius 2 is 2.07 bits per heavy atom. The molecule has 2 aromatic heterocycles. The van der Waals surface area contributed by atoms with Gasteiger partial charge < -0.3 is 4.90 Å². The van der Waals surface area contributed by atoms with E-state index >= 15 is 0 Å². The number of amides is 1. The summed E-state index contributed by atoms with van der Waals surface area (Å²) in [4.78, 5) is 21.2. The molecule has 1 fully saturated rings. The van der Waals surface area contributed by atoms with Crippen molar-refractivity contribution in [3.8, 4) is 5.69 Å². The largest absolute Gasteiger partial charge is 0.301 e. The molecule has 3 heterocycles. The van der Waals surface area contributed by atoms with E-state index in [-0.39, 0.29) is 5.91 Å². The molecule has 3 aromatic rings. The Hall–Kier alpha value is -2.51. The lowest BCUT2D eigenvalue weighted by Gasteiger charge is -2.20. The average molecular weight is 379 g/mol. The third-order valence-corrected chi connectivity index (χ3v) is 6.10. The van der Waals surface area contributed by atoms with Gasteiger partial charge in [-0.25, -0.2) is 9.67 Å². The second kappa shape index (κ2) is 6.58. The molecule has 1 aromatic carbocycles. The van der Waals surface area contributed by atoms with Gasteiger partial charge in [-0.3, -0.25) is 10.1 Å². The van der Waals surface area contributed by atoms with Crippen LogP contribution >= 0.6 is 11.3 Å². The van der Waals surface area contributed by atoms with Crippen molar-refractivity contribution in [1.82, 2.24) is 19.7 Å². The number of hydrogen-bond acceptors (Lipinski definition) is 5. The molecule has 5 rings (SSSR count). The molecular formula is C20H21N5OS. The molecule has 0 bridgehead atoms. The number of thiazole rings is 1. The molecule has 0 atom stereocenters. The molecule has 1 amide bonds. The van der Waals surface area contributed by atoms with E-state index in [1.165, 1.54) is 4.88 Å². The summed E-state index contributed by atoms with van der Waals surface area (Å²) in [5, 5.41) is 8.39. The predicted octanol–water partition coefficient (Wildman–Crippen LogP) is 3.45. The van der Waals surface area contributed by atoms with Crippen LogP contribution in [0.15, 0.2) is 36.4 Å². The number of nitrogens with one attached hydrogen (secondary N) is 1. The van der Waals surface area contributed by atoms with Crippen LogP contribution in [0.5, 0.6) is 0 Å². The normalized spacial score (nSPS) is 16.9. The van der Waals surface area contributed by atoms with E-state index in [2.05, 4.69) is 22.2 Å². The number of likely N-dealkylation sites (N-methyl/N-ethyl adjacent to an activating group) is 1. The van der Waals surface area contributed by atoms with E-state index in [9.17, 15) is 4.79 Å². The first-order chi connectivity index (χ1) is 13.2. The van der Waals surface area contributed by atoms with Crippen LogP contribution in [0.4, 0.5) is 5.13 Å². The van der Waals surface area contributed by atoms with Crippen molar-refractivity contribution >= 4 is 22.4 Å². The van der Waals surface area contributed by atoms with Crippen LogP contribution in [0.25, 0.3) is 5.69 Å². The lowest BCUT2D eigenvalue weighted by molar-refractivity contribution is 0.101. The monoisotopic (exact) mass is 379 g/mol. The predicted molar refractivity (Wildman–Crippen MR) is 106 cm³/mol. The van der Waals surface area contributed by atoms with Crippen molar-refractivity contribution in [1.29, 1.82) is 0 Å². The summed E-state index contributed by atoms with van der Waals surface area (Å²) >= 11 is 1.57. The van der Waals surface area contributed by atoms with Gasteiger partial charge in [0, 0.05) is 30.3 Å². The van der Waals surface area contributed by atoms with Gasteiger partial charge >= 0.3 is 0 Å². The fraction of sp³-hybridized carbons (Fsp3) is 0.350. The second-order valence-electron chi connectivity index (χ2n) is 7.31. The third-order valence-electron chi connectivity index (χ3n) is 5.10. The highest BCUT2D eigenvalue weighted by Gasteiger charge is 2.29. The molecule has 0 unspecified atom stereocenters. The minimum Gasteiger partial charge on any atom is -0.301 e. The van der Waals surface area contributed by atoms with Crippen LogP contribution < -0.4 is 5.32 Å². The van der Waals surface area contributed by atoms with Crippen LogP contribution in [-0.2, 0) is 13.0 Å². The van der Waals surface area contributed by atoms with Crippen molar-refractivity contribution < 1.29 is 4.79 Å². The molecule has 1 aliphatic carbocycles. The maximum atomic E-state index is 13.0. The number of hydrogen-bond donors (Lipinski definition) is 1. The number of aromatic nitrogens is 3. The maximum absolute atomic E-state index is 13.0. The summed E-state index contributed by atoms with van der Waals surface area (Å²) in [6.45, 7) is 1.91. The van der Waals surface area contributed by atoms with Gasteiger partial charge in [-0.1, -0.05) is 18.2 Å². The first kappa shape index (κ1) is 16.6. The molecule has 1 N–H and O–H groups in total. The zero-order chi connectivity index (χ0) is 18.4. The summed E-state index contributed by atoms with van der Waals surface area (Å²) in [7, 11) is 2.11. The molecule has 1 aliphatic heterocycles. The summed E-state index contributed by atoms with van der Waals surface area (Å²) in [6, 6.07) is 11.8. The van der Waals surface area contributed by atoms with E-state index in [4.69, 9.17) is 5.10 Å². The van der Waals surface area contributed by atoms with Gasteiger partial charge in [-0.15, -0.1) is 11.3 Å². The number of carbonyl (C=O) groups excluding carboxylic acids is 1. The molecule has 0 spiro atoms. The van der Waals surface area contributed by atoms with Crippen molar-refractivity contribution in [2.24, 2.45) is 0 Å². The number of nitrogens with zero attached hydrogens (tertiary/aromatic N) is 4. The van der Waals surface area contributed by atoms with Crippen molar-refractivity contribution in [2.75, 3.05) is 18.9 Å². The highest BCUT2D eigenvalue weighted by atomic mass is 32.1. The molecule has 1 saturated carbocycles. The maximum Gasteiger partial charge on any atom is 0.276 e. The number of rotatable bonds is 4. The minimum absolute atomic E-state index is 0.155. The molecule has 2 aliphatic rings. The molecule has 27 heavy (non-hydrogen) atoms. The molecule has 138 valence electrons. The number of benzene rings is 1. The van der Waals surface area contributed by atoms with Gasteiger partial charge in [0.25, 0.3) is 5.91 Å². The minimum atomic E-state index is -0.155. The van der Waals surface area contributed by atoms with E-state index in [0.717, 1.165) is 49.4 Å². The summed E-state index contributed by atoms with van der Waals surface area (Å²) in [6.07, 6.45) is 3.24. The van der Waals surface area contributed by atoms with Gasteiger partial charge in [0.05, 0.1) is 17.1 Å². The van der Waals surface area contributed by atoms with E-state index < -0.39 is 0 Å². The van der Waals surface area contributed by atoms with Crippen LogP contribution in [0, 0.1) is 0 Å². The Morgan fingerprint density at radius 3 is 2.85 bits per heavy atom. The Kier molecular flexibility index (Phi) is 4.06. The summed E-state index contributed by atoms with van der Waals surface area (Å²) < 4.78 is 1.75. The first-order valence-corrected chi connectivity index (χ1v) is 10.1. The highest BCUT2D eigenvalue weighted by molar-refractivity contribution is 7.15. The summed E-state index contributed by atoms with van der Waals surface area (Å²) in [5.41, 5.74) is 3.58. The van der Waals surface area contributed by atoms with Crippen LogP contribution in [0.1, 0.15) is 45.5 Å². The van der Waals surface area contributed by atoms with Gasteiger partial charge in [-0.2, -0.15) is 5.10 Å². The Labute approximate surface area is 161 Å². The second-order valence-corrected chi connectivity index (χ2v) is 8.39. The smallest absolute Gasteiger partial charge is 0.276 e. The van der Waals surface area contributed by atoms with E-state index in [1.807, 2.05) is 36.4 Å². The van der Waals surface area contributed by atoms with Crippen LogP contribution in [0.2, 0.25) is 0 Å². The molecule has 6 nitrogen and oxygen atoms in total. The fourth-order valence-corrected chi connectivity index (χ4v) is 4.53. The topological polar surface area (TPSA) is 63.1 Å². The SMILES string of the molecule is CN1CCc2nc(NC(=O)c3cc(C4CC4)nn3-c3ccccc3)sc2C1. The Balaban J connectivity index is 1.44. The van der Waals surface area contributed by atoms with Gasteiger partial charge in [0.1, 0.15) is 5.69 Å². The van der Waals surface area contributed by atoms with Gasteiger partial charge in [0.15, 0.2) is 5.13 Å². The lowest BCUT2D eigenvalue weighted by Crippen LogP contribution is -2.25. The standard InChI is InChI=1S/C20H21N5OS/c1-24-10-9-15-18(12-24)27-20(21-15)22-19(26)17-11-16(13-7-8-13)23-25(17)14-5-3-2-4-6-14/h2-6,11,13H,7-10,12H2,1H3,(H,21,22,26). The Morgan fingerprint density at radius 1 is 1.26 bits per heavy atom. The first-order valence-electron chi connectivity index (χ1n) is 9.31. The number of carbonyl (C=O) groups is 1. The number of para-hydroxylation sites is 1. The van der Waals surface area contributed by atoms with Crippen molar-refractivity contribution in [2.45, 2.75) is 31.7 Å². The molecule has 0 saturated heterocycles. The van der Waals surface area contributed by atoms with Crippen molar-refractivity contribution in [3.63, 3.8) is 0 Å². The van der Waals surface area contributed by atoms with Crippen LogP contribution in [0.3, 0.4) is 0 Å². The quantitative estimate of drug-likeness (QED) is 0.754. The fourth-order valence-electron chi connectivity index (χ4n) is 3.44. The zero-order valence-corrected chi connectivity index (χ0v) is 16.0. The molecule has 7 heteroatoms. The van der Waals surface area contributed by atoms with Gasteiger partial charge in [-0.05, 0) is 38.1 Å². The molecular weight excluding hydrogens is 358 g/mol. The zero-order valence-electron chi connectivity index (χ0n) is 15.2. The van der Waals surface area contributed by atoms with E-state index in [1.54, 1.807) is 16.0 Å². The third kappa shape index (κ3) is 3.28. The molecule has 0 radical (unpaired) electrons. The van der Waals surface area contributed by atoms with Gasteiger partial charge in [0.2, 0.25) is 0 Å². The summed E-state index contributed by atoms with van der Waals surface area (Å²) in [5.74, 6) is 0.335. The number of fused-ring (bicyclic) bond motifs is 1. The average Bonchev–Trinajstić information content (AvgIpc) is 3.30. The highest BCUT2D eigenvalue weighted by Crippen LogP contribution is 2.40. The lowest BCUT2D eigenvalue weighted by atomic mass is 10.2.